The summed E-state index contributed by atoms with van der Waals surface area (Å²) in [6.07, 6.45) is 0. The zero-order valence-corrected chi connectivity index (χ0v) is 8.67. The molecule has 0 spiro atoms. The summed E-state index contributed by atoms with van der Waals surface area (Å²) in [6, 6.07) is 3.28. The van der Waals surface area contributed by atoms with Crippen LogP contribution in [-0.4, -0.2) is 29.0 Å². The van der Waals surface area contributed by atoms with E-state index in [0.717, 1.165) is 0 Å². The van der Waals surface area contributed by atoms with Crippen LogP contribution >= 0.6 is 0 Å². The predicted molar refractivity (Wildman–Crippen MR) is 54.0 cm³/mol. The Balaban J connectivity index is 2.75. The molecule has 3 N–H and O–H groups in total. The first kappa shape index (κ1) is 12.3. The second kappa shape index (κ2) is 4.81. The number of rotatable bonds is 4. The van der Waals surface area contributed by atoms with E-state index in [4.69, 9.17) is 11.0 Å². The zero-order chi connectivity index (χ0) is 12.2. The normalized spacial score (nSPS) is 10.9. The molecule has 0 aromatic carbocycles. The first-order valence-corrected chi connectivity index (χ1v) is 4.54. The van der Waals surface area contributed by atoms with E-state index in [1.807, 2.05) is 6.07 Å². The summed E-state index contributed by atoms with van der Waals surface area (Å²) in [7, 11) is 0. The molecule has 5 nitrogen and oxygen atoms in total. The topological polar surface area (TPSA) is 87.6 Å². The average molecular weight is 227 g/mol. The number of nitrogens with zero attached hydrogens (tertiary/aromatic N) is 3. The van der Waals surface area contributed by atoms with Crippen LogP contribution in [0.25, 0.3) is 0 Å². The third-order valence-electron chi connectivity index (χ3n) is 1.77. The van der Waals surface area contributed by atoms with Gasteiger partial charge in [0.05, 0.1) is 13.1 Å². The Labute approximate surface area is 91.3 Å². The Hall–Kier alpha value is -1.81. The third kappa shape index (κ3) is 3.40. The van der Waals surface area contributed by atoms with Crippen molar-refractivity contribution in [1.29, 1.82) is 5.26 Å². The highest BCUT2D eigenvalue weighted by atomic mass is 19.3. The van der Waals surface area contributed by atoms with Crippen molar-refractivity contribution in [2.75, 3.05) is 18.4 Å². The van der Waals surface area contributed by atoms with E-state index in [1.54, 1.807) is 6.92 Å². The molecular weight excluding hydrogens is 216 g/mol. The summed E-state index contributed by atoms with van der Waals surface area (Å²) in [6.45, 7) is 0.240. The van der Waals surface area contributed by atoms with Gasteiger partial charge in [-0.3, -0.25) is 0 Å². The minimum Gasteiger partial charge on any atom is -0.348 e. The third-order valence-corrected chi connectivity index (χ3v) is 1.77. The van der Waals surface area contributed by atoms with E-state index in [-0.39, 0.29) is 11.6 Å². The number of halogens is 2. The summed E-state index contributed by atoms with van der Waals surface area (Å²) in [5.74, 6) is -3.01. The number of aryl methyl sites for hydroxylation is 1. The molecule has 86 valence electrons. The van der Waals surface area contributed by atoms with Crippen LogP contribution in [0.2, 0.25) is 0 Å². The molecule has 1 rings (SSSR count). The summed E-state index contributed by atoms with van der Waals surface area (Å²) in [5.41, 5.74) is 5.54. The van der Waals surface area contributed by atoms with E-state index in [9.17, 15) is 8.78 Å². The molecule has 1 aromatic rings. The molecule has 0 aliphatic carbocycles. The van der Waals surface area contributed by atoms with E-state index in [0.29, 0.717) is 5.69 Å². The lowest BCUT2D eigenvalue weighted by Gasteiger charge is -2.14. The standard InChI is InChI=1S/C9H11F2N5/c1-6-2-7(3-12)16-8(15-6)14-5-9(10,11)4-13/h2H,4-5,13H2,1H3,(H,14,15,16). The van der Waals surface area contributed by atoms with Crippen molar-refractivity contribution in [3.05, 3.63) is 17.5 Å². The molecule has 1 heterocycles. The summed E-state index contributed by atoms with van der Waals surface area (Å²) in [4.78, 5) is 7.60. The number of hydrogen-bond acceptors (Lipinski definition) is 5. The first-order valence-electron chi connectivity index (χ1n) is 4.54. The summed E-state index contributed by atoms with van der Waals surface area (Å²) in [5, 5.41) is 11.0. The number of nitrogens with one attached hydrogen (secondary N) is 1. The molecule has 0 saturated carbocycles. The molecule has 0 aliphatic heterocycles. The molecular formula is C9H11F2N5. The summed E-state index contributed by atoms with van der Waals surface area (Å²) >= 11 is 0. The maximum atomic E-state index is 12.8. The van der Waals surface area contributed by atoms with Crippen LogP contribution in [0.1, 0.15) is 11.4 Å². The Morgan fingerprint density at radius 2 is 2.25 bits per heavy atom. The highest BCUT2D eigenvalue weighted by molar-refractivity contribution is 5.33. The average Bonchev–Trinajstić information content (AvgIpc) is 2.26. The fourth-order valence-corrected chi connectivity index (χ4v) is 0.985. The Bertz CT molecular complexity index is 413. The highest BCUT2D eigenvalue weighted by Gasteiger charge is 2.26. The van der Waals surface area contributed by atoms with Crippen LogP contribution < -0.4 is 11.1 Å². The van der Waals surface area contributed by atoms with Crippen molar-refractivity contribution in [1.82, 2.24) is 9.97 Å². The van der Waals surface area contributed by atoms with Crippen LogP contribution in [0.4, 0.5) is 14.7 Å². The van der Waals surface area contributed by atoms with Crippen LogP contribution in [-0.2, 0) is 0 Å². The second-order valence-electron chi connectivity index (χ2n) is 3.24. The van der Waals surface area contributed by atoms with Crippen molar-refractivity contribution in [2.24, 2.45) is 5.73 Å². The van der Waals surface area contributed by atoms with Gasteiger partial charge in [0.2, 0.25) is 5.95 Å². The van der Waals surface area contributed by atoms with E-state index < -0.39 is 19.0 Å². The van der Waals surface area contributed by atoms with Crippen LogP contribution in [0.15, 0.2) is 6.07 Å². The van der Waals surface area contributed by atoms with Gasteiger partial charge in [-0.25, -0.2) is 18.7 Å². The molecule has 0 amide bonds. The zero-order valence-electron chi connectivity index (χ0n) is 8.67. The van der Waals surface area contributed by atoms with E-state index >= 15 is 0 Å². The molecule has 16 heavy (non-hydrogen) atoms. The van der Waals surface area contributed by atoms with Gasteiger partial charge in [-0.05, 0) is 13.0 Å². The van der Waals surface area contributed by atoms with Gasteiger partial charge in [0.1, 0.15) is 11.8 Å². The maximum Gasteiger partial charge on any atom is 0.277 e. The van der Waals surface area contributed by atoms with Crippen molar-refractivity contribution in [3.8, 4) is 6.07 Å². The molecule has 1 aromatic heterocycles. The Morgan fingerprint density at radius 3 is 2.81 bits per heavy atom. The first-order chi connectivity index (χ1) is 7.46. The minimum absolute atomic E-state index is 0.00433. The lowest BCUT2D eigenvalue weighted by Crippen LogP contribution is -2.35. The number of alkyl halides is 2. The number of aromatic nitrogens is 2. The molecule has 0 radical (unpaired) electrons. The number of nitrogens with two attached hydrogens (primary N) is 1. The van der Waals surface area contributed by atoms with Crippen molar-refractivity contribution in [2.45, 2.75) is 12.8 Å². The Kier molecular flexibility index (Phi) is 3.68. The molecule has 0 unspecified atom stereocenters. The van der Waals surface area contributed by atoms with E-state index in [2.05, 4.69) is 15.3 Å². The summed E-state index contributed by atoms with van der Waals surface area (Å²) < 4.78 is 25.6. The smallest absolute Gasteiger partial charge is 0.277 e. The van der Waals surface area contributed by atoms with Gasteiger partial charge in [-0.15, -0.1) is 0 Å². The molecule has 0 atom stereocenters. The van der Waals surface area contributed by atoms with Crippen molar-refractivity contribution >= 4 is 5.95 Å². The van der Waals surface area contributed by atoms with Crippen molar-refractivity contribution < 1.29 is 8.78 Å². The molecule has 0 saturated heterocycles. The van der Waals surface area contributed by atoms with Gasteiger partial charge in [-0.1, -0.05) is 0 Å². The molecule has 0 bridgehead atoms. The maximum absolute atomic E-state index is 12.8. The van der Waals surface area contributed by atoms with Crippen LogP contribution in [0, 0.1) is 18.3 Å². The highest BCUT2D eigenvalue weighted by Crippen LogP contribution is 2.12. The second-order valence-corrected chi connectivity index (χ2v) is 3.24. The van der Waals surface area contributed by atoms with E-state index in [1.165, 1.54) is 6.07 Å². The van der Waals surface area contributed by atoms with Gasteiger partial charge in [0, 0.05) is 5.69 Å². The van der Waals surface area contributed by atoms with Gasteiger partial charge < -0.3 is 11.1 Å². The molecule has 0 fully saturated rings. The number of nitriles is 1. The lowest BCUT2D eigenvalue weighted by atomic mass is 10.3. The minimum atomic E-state index is -3.01. The fraction of sp³-hybridized carbons (Fsp3) is 0.444. The van der Waals surface area contributed by atoms with Crippen molar-refractivity contribution in [3.63, 3.8) is 0 Å². The van der Waals surface area contributed by atoms with Gasteiger partial charge in [-0.2, -0.15) is 5.26 Å². The lowest BCUT2D eigenvalue weighted by molar-refractivity contribution is 0.0252. The van der Waals surface area contributed by atoms with Gasteiger partial charge in [0.15, 0.2) is 0 Å². The van der Waals surface area contributed by atoms with Crippen LogP contribution in [0.5, 0.6) is 0 Å². The van der Waals surface area contributed by atoms with Crippen LogP contribution in [0.3, 0.4) is 0 Å². The number of anilines is 1. The molecule has 7 heteroatoms. The van der Waals surface area contributed by atoms with Gasteiger partial charge >= 0.3 is 0 Å². The number of hydrogen-bond donors (Lipinski definition) is 2. The SMILES string of the molecule is Cc1cc(C#N)nc(NCC(F)(F)CN)n1. The predicted octanol–water partition coefficient (Wildman–Crippen LogP) is 0.663. The largest absolute Gasteiger partial charge is 0.348 e. The monoisotopic (exact) mass is 227 g/mol. The fourth-order valence-electron chi connectivity index (χ4n) is 0.985. The quantitative estimate of drug-likeness (QED) is 0.789. The molecule has 0 aliphatic rings. The van der Waals surface area contributed by atoms with Gasteiger partial charge in [0.25, 0.3) is 5.92 Å². The Morgan fingerprint density at radius 1 is 1.56 bits per heavy atom.